The van der Waals surface area contributed by atoms with E-state index in [1.807, 2.05) is 0 Å². The van der Waals surface area contributed by atoms with Crippen molar-refractivity contribution in [1.29, 1.82) is 0 Å². The van der Waals surface area contributed by atoms with Crippen molar-refractivity contribution < 1.29 is 0 Å². The number of anilines is 1. The normalized spacial score (nSPS) is 14.6. The molecule has 1 aromatic carbocycles. The standard InChI is InChI=1S/C16H17N3/c1-12(15-11-17-6-7-18-15)9-13-3-4-16-14(10-13)5-8-19(16)2/h3-4,6-7,9-11H,5,8H2,1-2H3. The second-order valence-electron chi connectivity index (χ2n) is 4.98. The van der Waals surface area contributed by atoms with Crippen molar-refractivity contribution in [1.82, 2.24) is 9.97 Å². The van der Waals surface area contributed by atoms with E-state index >= 15 is 0 Å². The zero-order valence-electron chi connectivity index (χ0n) is 11.3. The van der Waals surface area contributed by atoms with Crippen LogP contribution in [0.3, 0.4) is 0 Å². The first-order chi connectivity index (χ1) is 9.24. The van der Waals surface area contributed by atoms with Gasteiger partial charge in [0, 0.05) is 31.7 Å². The zero-order chi connectivity index (χ0) is 13.2. The lowest BCUT2D eigenvalue weighted by atomic mass is 10.1. The maximum atomic E-state index is 4.32. The Morgan fingerprint density at radius 3 is 3.00 bits per heavy atom. The molecule has 2 aromatic rings. The van der Waals surface area contributed by atoms with Gasteiger partial charge in [0.25, 0.3) is 0 Å². The number of rotatable bonds is 2. The minimum Gasteiger partial charge on any atom is -0.374 e. The van der Waals surface area contributed by atoms with E-state index < -0.39 is 0 Å². The van der Waals surface area contributed by atoms with Crippen LogP contribution in [-0.2, 0) is 6.42 Å². The molecule has 3 nitrogen and oxygen atoms in total. The predicted molar refractivity (Wildman–Crippen MR) is 79.0 cm³/mol. The second-order valence-corrected chi connectivity index (χ2v) is 4.98. The van der Waals surface area contributed by atoms with Crippen LogP contribution in [0, 0.1) is 0 Å². The van der Waals surface area contributed by atoms with Crippen LogP contribution in [0.25, 0.3) is 11.6 Å². The molecule has 1 aliphatic heterocycles. The molecule has 0 fully saturated rings. The Kier molecular flexibility index (Phi) is 3.03. The smallest absolute Gasteiger partial charge is 0.0842 e. The Morgan fingerprint density at radius 1 is 1.32 bits per heavy atom. The molecule has 0 spiro atoms. The molecule has 2 heterocycles. The highest BCUT2D eigenvalue weighted by atomic mass is 15.1. The molecule has 1 aromatic heterocycles. The molecular formula is C16H17N3. The van der Waals surface area contributed by atoms with Crippen LogP contribution >= 0.6 is 0 Å². The summed E-state index contributed by atoms with van der Waals surface area (Å²) in [6.07, 6.45) is 8.53. The number of fused-ring (bicyclic) bond motifs is 1. The van der Waals surface area contributed by atoms with Crippen molar-refractivity contribution in [2.75, 3.05) is 18.5 Å². The highest BCUT2D eigenvalue weighted by Gasteiger charge is 2.14. The molecule has 0 saturated carbocycles. The van der Waals surface area contributed by atoms with Crippen LogP contribution < -0.4 is 4.90 Å². The molecule has 0 N–H and O–H groups in total. The van der Waals surface area contributed by atoms with Gasteiger partial charge in [0.1, 0.15) is 0 Å². The molecule has 0 bridgehead atoms. The SMILES string of the molecule is CC(=Cc1ccc2c(c1)CCN2C)c1cnccn1. The topological polar surface area (TPSA) is 29.0 Å². The molecule has 19 heavy (non-hydrogen) atoms. The molecule has 0 aliphatic carbocycles. The molecule has 3 rings (SSSR count). The van der Waals surface area contributed by atoms with Gasteiger partial charge in [-0.1, -0.05) is 6.07 Å². The Morgan fingerprint density at radius 2 is 2.21 bits per heavy atom. The molecule has 0 radical (unpaired) electrons. The third kappa shape index (κ3) is 2.36. The number of allylic oxidation sites excluding steroid dienone is 1. The monoisotopic (exact) mass is 251 g/mol. The molecule has 1 aliphatic rings. The Balaban J connectivity index is 1.92. The Hall–Kier alpha value is -2.16. The van der Waals surface area contributed by atoms with Crippen LogP contribution in [0.1, 0.15) is 23.7 Å². The van der Waals surface area contributed by atoms with E-state index in [1.165, 1.54) is 16.8 Å². The van der Waals surface area contributed by atoms with Crippen LogP contribution in [0.4, 0.5) is 5.69 Å². The van der Waals surface area contributed by atoms with Crippen molar-refractivity contribution in [2.24, 2.45) is 0 Å². The summed E-state index contributed by atoms with van der Waals surface area (Å²) < 4.78 is 0. The van der Waals surface area contributed by atoms with Crippen LogP contribution in [0.2, 0.25) is 0 Å². The number of hydrogen-bond acceptors (Lipinski definition) is 3. The van der Waals surface area contributed by atoms with Crippen LogP contribution in [-0.4, -0.2) is 23.6 Å². The fourth-order valence-corrected chi connectivity index (χ4v) is 2.50. The third-order valence-electron chi connectivity index (χ3n) is 3.58. The van der Waals surface area contributed by atoms with Crippen molar-refractivity contribution >= 4 is 17.3 Å². The van der Waals surface area contributed by atoms with Crippen molar-refractivity contribution in [3.8, 4) is 0 Å². The molecular weight excluding hydrogens is 234 g/mol. The van der Waals surface area contributed by atoms with Gasteiger partial charge in [-0.3, -0.25) is 9.97 Å². The van der Waals surface area contributed by atoms with Crippen molar-refractivity contribution in [3.63, 3.8) is 0 Å². The zero-order valence-corrected chi connectivity index (χ0v) is 11.3. The molecule has 0 atom stereocenters. The number of nitrogens with zero attached hydrogens (tertiary/aromatic N) is 3. The van der Waals surface area contributed by atoms with Gasteiger partial charge in [0.2, 0.25) is 0 Å². The van der Waals surface area contributed by atoms with Gasteiger partial charge in [-0.15, -0.1) is 0 Å². The fourth-order valence-electron chi connectivity index (χ4n) is 2.50. The van der Waals surface area contributed by atoms with E-state index in [2.05, 4.69) is 53.1 Å². The molecule has 0 amide bonds. The van der Waals surface area contributed by atoms with Crippen LogP contribution in [0.5, 0.6) is 0 Å². The van der Waals surface area contributed by atoms with Crippen molar-refractivity contribution in [3.05, 3.63) is 53.6 Å². The summed E-state index contributed by atoms with van der Waals surface area (Å²) in [5.74, 6) is 0. The van der Waals surface area contributed by atoms with E-state index in [0.717, 1.165) is 24.2 Å². The second kappa shape index (κ2) is 4.84. The average Bonchev–Trinajstić information content (AvgIpc) is 2.81. The summed E-state index contributed by atoms with van der Waals surface area (Å²) in [7, 11) is 2.14. The minimum atomic E-state index is 0.931. The van der Waals surface area contributed by atoms with Crippen LogP contribution in [0.15, 0.2) is 36.8 Å². The first kappa shape index (κ1) is 11.9. The van der Waals surface area contributed by atoms with Crippen molar-refractivity contribution in [2.45, 2.75) is 13.3 Å². The highest BCUT2D eigenvalue weighted by Crippen LogP contribution is 2.28. The maximum absolute atomic E-state index is 4.32. The first-order valence-electron chi connectivity index (χ1n) is 6.53. The van der Waals surface area contributed by atoms with E-state index in [-0.39, 0.29) is 0 Å². The van der Waals surface area contributed by atoms with Gasteiger partial charge in [-0.05, 0) is 48.3 Å². The van der Waals surface area contributed by atoms with E-state index in [1.54, 1.807) is 18.6 Å². The average molecular weight is 251 g/mol. The molecule has 0 saturated heterocycles. The molecule has 3 heteroatoms. The Labute approximate surface area is 113 Å². The minimum absolute atomic E-state index is 0.931. The maximum Gasteiger partial charge on any atom is 0.0842 e. The van der Waals surface area contributed by atoms with Gasteiger partial charge < -0.3 is 4.90 Å². The summed E-state index contributed by atoms with van der Waals surface area (Å²) in [4.78, 5) is 10.7. The highest BCUT2D eigenvalue weighted by molar-refractivity contribution is 5.79. The summed E-state index contributed by atoms with van der Waals surface area (Å²) in [6.45, 7) is 3.19. The molecule has 96 valence electrons. The van der Waals surface area contributed by atoms with Gasteiger partial charge in [0.15, 0.2) is 0 Å². The summed E-state index contributed by atoms with van der Waals surface area (Å²) in [5, 5.41) is 0. The largest absolute Gasteiger partial charge is 0.374 e. The first-order valence-corrected chi connectivity index (χ1v) is 6.53. The number of benzene rings is 1. The quantitative estimate of drug-likeness (QED) is 0.821. The fraction of sp³-hybridized carbons (Fsp3) is 0.250. The lowest BCUT2D eigenvalue weighted by molar-refractivity contribution is 0.956. The Bertz CT molecular complexity index is 617. The number of likely N-dealkylation sites (N-methyl/N-ethyl adjacent to an activating group) is 1. The van der Waals surface area contributed by atoms with E-state index in [4.69, 9.17) is 0 Å². The number of hydrogen-bond donors (Lipinski definition) is 0. The number of aromatic nitrogens is 2. The lowest BCUT2D eigenvalue weighted by Gasteiger charge is -2.11. The summed E-state index contributed by atoms with van der Waals surface area (Å²) in [6, 6.07) is 6.65. The van der Waals surface area contributed by atoms with Gasteiger partial charge >= 0.3 is 0 Å². The lowest BCUT2D eigenvalue weighted by Crippen LogP contribution is -2.12. The van der Waals surface area contributed by atoms with Gasteiger partial charge in [0.05, 0.1) is 11.9 Å². The van der Waals surface area contributed by atoms with Gasteiger partial charge in [-0.25, -0.2) is 0 Å². The third-order valence-corrected chi connectivity index (χ3v) is 3.58. The summed E-state index contributed by atoms with van der Waals surface area (Å²) >= 11 is 0. The van der Waals surface area contributed by atoms with E-state index in [9.17, 15) is 0 Å². The predicted octanol–water partition coefficient (Wildman–Crippen LogP) is 3.03. The molecule has 0 unspecified atom stereocenters. The van der Waals surface area contributed by atoms with Gasteiger partial charge in [-0.2, -0.15) is 0 Å². The van der Waals surface area contributed by atoms with E-state index in [0.29, 0.717) is 0 Å². The summed E-state index contributed by atoms with van der Waals surface area (Å²) in [5.41, 5.74) is 6.09.